The quantitative estimate of drug-likeness (QED) is 0.362. The lowest BCUT2D eigenvalue weighted by Crippen LogP contribution is -1.99. The molecule has 0 atom stereocenters. The third-order valence-corrected chi connectivity index (χ3v) is 0.156. The van der Waals surface area contributed by atoms with Crippen LogP contribution in [0.3, 0.4) is 0 Å². The summed E-state index contributed by atoms with van der Waals surface area (Å²) in [5, 5.41) is 2.99. The molecule has 0 rings (SSSR count). The van der Waals surface area contributed by atoms with Crippen LogP contribution in [0.4, 0.5) is 0 Å². The fraction of sp³-hybridized carbons (Fsp3) is 0.500. The van der Waals surface area contributed by atoms with Crippen LogP contribution >= 0.6 is 0 Å². The first-order chi connectivity index (χ1) is 2.41. The zero-order valence-corrected chi connectivity index (χ0v) is 3.06. The molecule has 0 aromatic carbocycles. The van der Waals surface area contributed by atoms with Crippen molar-refractivity contribution in [1.29, 1.82) is 0 Å². The second-order valence-corrected chi connectivity index (χ2v) is 0.425. The van der Waals surface area contributed by atoms with E-state index < -0.39 is 0 Å². The summed E-state index contributed by atoms with van der Waals surface area (Å²) in [7, 11) is 1.61. The minimum absolute atomic E-state index is 1.61. The summed E-state index contributed by atoms with van der Waals surface area (Å²) < 4.78 is 0. The molecule has 1 N–H and O–H groups in total. The smallest absolute Gasteiger partial charge is 0.0325 e. The van der Waals surface area contributed by atoms with Crippen molar-refractivity contribution in [2.45, 2.75) is 0 Å². The van der Waals surface area contributed by atoms with E-state index in [1.54, 1.807) is 7.05 Å². The Morgan fingerprint density at radius 2 is 2.60 bits per heavy atom. The molecule has 0 saturated heterocycles. The molecule has 3 nitrogen and oxygen atoms in total. The minimum atomic E-state index is 1.61. The van der Waals surface area contributed by atoms with E-state index in [-0.39, 0.29) is 0 Å². The van der Waals surface area contributed by atoms with Crippen LogP contribution in [0, 0.1) is 0 Å². The van der Waals surface area contributed by atoms with E-state index in [1.807, 2.05) is 0 Å². The van der Waals surface area contributed by atoms with Crippen LogP contribution in [-0.4, -0.2) is 13.8 Å². The second kappa shape index (κ2) is 3.43. The number of hydrogen-bond acceptors (Lipinski definition) is 3. The van der Waals surface area contributed by atoms with Gasteiger partial charge in [0, 0.05) is 13.8 Å². The Kier molecular flexibility index (Phi) is 3.04. The number of nitrogens with zero attached hydrogens (tertiary/aromatic N) is 1. The van der Waals surface area contributed by atoms with Crippen LogP contribution in [0.5, 0.6) is 0 Å². The normalized spacial score (nSPS) is 6.60. The Hall–Kier alpha value is -0.570. The van der Waals surface area contributed by atoms with E-state index in [0.29, 0.717) is 0 Å². The highest BCUT2D eigenvalue weighted by Crippen LogP contribution is 1.51. The molecule has 0 radical (unpaired) electrons. The third kappa shape index (κ3) is 3.43. The molecule has 0 amide bonds. The lowest BCUT2D eigenvalue weighted by atomic mass is 11.6. The summed E-state index contributed by atoms with van der Waals surface area (Å²) in [6, 6.07) is 0. The van der Waals surface area contributed by atoms with Gasteiger partial charge >= 0.3 is 0 Å². The predicted molar refractivity (Wildman–Crippen MR) is 19.7 cm³/mol. The van der Waals surface area contributed by atoms with Crippen molar-refractivity contribution in [2.24, 2.45) is 5.16 Å². The maximum Gasteiger partial charge on any atom is 0.0325 e. The first kappa shape index (κ1) is 4.43. The van der Waals surface area contributed by atoms with E-state index in [9.17, 15) is 0 Å². The Labute approximate surface area is 30.6 Å². The Morgan fingerprint density at radius 3 is 2.60 bits per heavy atom. The van der Waals surface area contributed by atoms with Gasteiger partial charge in [-0.25, -0.2) is 0 Å². The molecule has 0 spiro atoms. The van der Waals surface area contributed by atoms with Crippen molar-refractivity contribution in [3.63, 3.8) is 0 Å². The van der Waals surface area contributed by atoms with Crippen LogP contribution in [0.25, 0.3) is 0 Å². The van der Waals surface area contributed by atoms with Gasteiger partial charge < -0.3 is 4.94 Å². The highest BCUT2D eigenvalue weighted by atomic mass is 16.8. The van der Waals surface area contributed by atoms with Gasteiger partial charge in [-0.3, -0.25) is 0 Å². The van der Waals surface area contributed by atoms with Crippen molar-refractivity contribution in [2.75, 3.05) is 7.05 Å². The molecule has 0 aromatic heterocycles. The molecule has 0 heterocycles. The monoisotopic (exact) mass is 74.0 g/mol. The van der Waals surface area contributed by atoms with Crippen LogP contribution in [0.15, 0.2) is 5.16 Å². The van der Waals surface area contributed by atoms with E-state index in [1.165, 1.54) is 0 Å². The predicted octanol–water partition coefficient (Wildman–Crippen LogP) is -0.247. The van der Waals surface area contributed by atoms with Crippen LogP contribution in [-0.2, 0) is 4.94 Å². The summed E-state index contributed by atoms with van der Waals surface area (Å²) in [6.07, 6.45) is 0. The molecular weight excluding hydrogens is 68.0 g/mol. The molecular formula is C2H6N2O. The van der Waals surface area contributed by atoms with E-state index in [2.05, 4.69) is 22.3 Å². The van der Waals surface area contributed by atoms with Crippen molar-refractivity contribution >= 4 is 6.72 Å². The largest absolute Gasteiger partial charge is 0.301 e. The molecule has 0 unspecified atom stereocenters. The zero-order chi connectivity index (χ0) is 4.12. The van der Waals surface area contributed by atoms with Crippen molar-refractivity contribution < 1.29 is 4.94 Å². The first-order valence-corrected chi connectivity index (χ1v) is 1.20. The summed E-state index contributed by atoms with van der Waals surface area (Å²) in [5.41, 5.74) is 2.29. The summed E-state index contributed by atoms with van der Waals surface area (Å²) in [6.45, 7) is 3.02. The minimum Gasteiger partial charge on any atom is -0.301 e. The molecule has 0 aliphatic heterocycles. The van der Waals surface area contributed by atoms with Crippen molar-refractivity contribution in [3.05, 3.63) is 0 Å². The van der Waals surface area contributed by atoms with Crippen LogP contribution < -0.4 is 5.48 Å². The lowest BCUT2D eigenvalue weighted by molar-refractivity contribution is 0.0667. The topological polar surface area (TPSA) is 33.6 Å². The van der Waals surface area contributed by atoms with E-state index >= 15 is 0 Å². The van der Waals surface area contributed by atoms with Gasteiger partial charge in [0.15, 0.2) is 0 Å². The third-order valence-electron chi connectivity index (χ3n) is 0.156. The maximum absolute atomic E-state index is 4.10. The second-order valence-electron chi connectivity index (χ2n) is 0.425. The Morgan fingerprint density at radius 1 is 2.00 bits per heavy atom. The molecule has 5 heavy (non-hydrogen) atoms. The average Bonchev–Trinajstić information content (AvgIpc) is 1.41. The maximum atomic E-state index is 4.10. The van der Waals surface area contributed by atoms with Gasteiger partial charge in [-0.1, -0.05) is 5.16 Å². The zero-order valence-electron chi connectivity index (χ0n) is 3.06. The Balaban J connectivity index is 2.40. The average molecular weight is 74.1 g/mol. The van der Waals surface area contributed by atoms with Gasteiger partial charge in [0.2, 0.25) is 0 Å². The summed E-state index contributed by atoms with van der Waals surface area (Å²) in [5.74, 6) is 0. The van der Waals surface area contributed by atoms with E-state index in [4.69, 9.17) is 0 Å². The number of hydroxylamine groups is 1. The number of oxime groups is 1. The molecule has 0 saturated carbocycles. The molecule has 30 valence electrons. The van der Waals surface area contributed by atoms with Gasteiger partial charge in [-0.2, -0.15) is 0 Å². The Bertz CT molecular complexity index is 28.8. The number of hydrogen-bond donors (Lipinski definition) is 1. The van der Waals surface area contributed by atoms with Gasteiger partial charge in [0.1, 0.15) is 0 Å². The molecule has 0 bridgehead atoms. The van der Waals surface area contributed by atoms with Gasteiger partial charge in [-0.15, -0.1) is 5.48 Å². The van der Waals surface area contributed by atoms with Gasteiger partial charge in [0.05, 0.1) is 0 Å². The molecule has 0 fully saturated rings. The highest BCUT2D eigenvalue weighted by Gasteiger charge is 1.52. The van der Waals surface area contributed by atoms with Gasteiger partial charge in [-0.05, 0) is 0 Å². The number of nitrogens with one attached hydrogen (secondary N) is 1. The standard InChI is InChI=1S/C2H6N2O/c1-3-5-4-2/h4H,1H2,2H3. The summed E-state index contributed by atoms with van der Waals surface area (Å²) in [4.78, 5) is 4.10. The molecule has 0 aliphatic rings. The van der Waals surface area contributed by atoms with Crippen LogP contribution in [0.1, 0.15) is 0 Å². The highest BCUT2D eigenvalue weighted by molar-refractivity contribution is 5.21. The first-order valence-electron chi connectivity index (χ1n) is 1.20. The van der Waals surface area contributed by atoms with Gasteiger partial charge in [0.25, 0.3) is 0 Å². The number of rotatable bonds is 2. The lowest BCUT2D eigenvalue weighted by Gasteiger charge is -1.83. The van der Waals surface area contributed by atoms with E-state index in [0.717, 1.165) is 0 Å². The fourth-order valence-electron chi connectivity index (χ4n) is 0.0645. The summed E-state index contributed by atoms with van der Waals surface area (Å²) >= 11 is 0. The molecule has 0 aromatic rings. The fourth-order valence-corrected chi connectivity index (χ4v) is 0.0645. The SMILES string of the molecule is C=NONC. The molecule has 3 heteroatoms. The molecule has 0 aliphatic carbocycles. The van der Waals surface area contributed by atoms with Crippen molar-refractivity contribution in [1.82, 2.24) is 5.48 Å². The van der Waals surface area contributed by atoms with Crippen molar-refractivity contribution in [3.8, 4) is 0 Å². The van der Waals surface area contributed by atoms with Crippen LogP contribution in [0.2, 0.25) is 0 Å².